The first-order valence-corrected chi connectivity index (χ1v) is 7.87. The van der Waals surface area contributed by atoms with Gasteiger partial charge >= 0.3 is 0 Å². The summed E-state index contributed by atoms with van der Waals surface area (Å²) < 4.78 is 0. The van der Waals surface area contributed by atoms with Crippen LogP contribution in [0.25, 0.3) is 0 Å². The van der Waals surface area contributed by atoms with Crippen molar-refractivity contribution in [1.82, 2.24) is 4.90 Å². The molecule has 23 heavy (non-hydrogen) atoms. The molecule has 0 fully saturated rings. The van der Waals surface area contributed by atoms with Crippen LogP contribution in [0.5, 0.6) is 0 Å². The second-order valence-electron chi connectivity index (χ2n) is 5.89. The van der Waals surface area contributed by atoms with Crippen LogP contribution in [-0.4, -0.2) is 24.8 Å². The van der Waals surface area contributed by atoms with Gasteiger partial charge in [0.15, 0.2) is 0 Å². The molecule has 3 heteroatoms. The number of nitrogens with zero attached hydrogens (tertiary/aromatic N) is 3. The summed E-state index contributed by atoms with van der Waals surface area (Å²) in [4.78, 5) is 6.50. The molecule has 0 amide bonds. The van der Waals surface area contributed by atoms with Crippen molar-refractivity contribution in [2.24, 2.45) is 4.99 Å². The third kappa shape index (κ3) is 4.43. The molecule has 0 aliphatic rings. The zero-order chi connectivity index (χ0) is 16.8. The van der Waals surface area contributed by atoms with E-state index < -0.39 is 0 Å². The van der Waals surface area contributed by atoms with Crippen LogP contribution in [0, 0.1) is 25.2 Å². The average molecular weight is 305 g/mol. The Balaban J connectivity index is 2.33. The second-order valence-corrected chi connectivity index (χ2v) is 5.89. The monoisotopic (exact) mass is 305 g/mol. The van der Waals surface area contributed by atoms with Crippen molar-refractivity contribution in [2.75, 3.05) is 13.6 Å². The first kappa shape index (κ1) is 16.8. The summed E-state index contributed by atoms with van der Waals surface area (Å²) in [6.07, 6.45) is 2.58. The van der Waals surface area contributed by atoms with Crippen LogP contribution in [0.1, 0.15) is 34.7 Å². The minimum atomic E-state index is 0.698. The number of hydrogen-bond acceptors (Lipinski definition) is 2. The van der Waals surface area contributed by atoms with Gasteiger partial charge in [0, 0.05) is 13.6 Å². The normalized spacial score (nSPS) is 10.7. The maximum atomic E-state index is 9.48. The molecule has 118 valence electrons. The Bertz CT molecular complexity index is 754. The molecule has 2 aromatic rings. The molecule has 3 nitrogen and oxygen atoms in total. The van der Waals surface area contributed by atoms with Crippen LogP contribution in [0.4, 0.5) is 5.69 Å². The zero-order valence-electron chi connectivity index (χ0n) is 14.3. The van der Waals surface area contributed by atoms with Gasteiger partial charge in [0.2, 0.25) is 0 Å². The molecule has 0 aliphatic carbocycles. The molecule has 0 atom stereocenters. The van der Waals surface area contributed by atoms with Crippen molar-refractivity contribution in [3.8, 4) is 6.07 Å². The predicted octanol–water partition coefficient (Wildman–Crippen LogP) is 4.38. The van der Waals surface area contributed by atoms with Gasteiger partial charge in [0.1, 0.15) is 0 Å². The van der Waals surface area contributed by atoms with E-state index in [9.17, 15) is 5.26 Å². The van der Waals surface area contributed by atoms with E-state index in [1.54, 1.807) is 0 Å². The Morgan fingerprint density at radius 3 is 2.65 bits per heavy atom. The van der Waals surface area contributed by atoms with Crippen LogP contribution in [0.15, 0.2) is 41.4 Å². The fourth-order valence-electron chi connectivity index (χ4n) is 2.43. The quantitative estimate of drug-likeness (QED) is 0.607. The van der Waals surface area contributed by atoms with Crippen molar-refractivity contribution in [2.45, 2.75) is 27.2 Å². The lowest BCUT2D eigenvalue weighted by molar-refractivity contribution is 0.552. The van der Waals surface area contributed by atoms with E-state index in [0.29, 0.717) is 5.56 Å². The van der Waals surface area contributed by atoms with Crippen molar-refractivity contribution >= 4 is 12.0 Å². The molecule has 0 radical (unpaired) electrons. The fraction of sp³-hybridized carbons (Fsp3) is 0.300. The molecule has 0 saturated carbocycles. The van der Waals surface area contributed by atoms with E-state index in [4.69, 9.17) is 0 Å². The average Bonchev–Trinajstić information content (AvgIpc) is 2.53. The second kappa shape index (κ2) is 7.60. The fourth-order valence-corrected chi connectivity index (χ4v) is 2.43. The Morgan fingerprint density at radius 2 is 2.00 bits per heavy atom. The third-order valence-electron chi connectivity index (χ3n) is 3.91. The van der Waals surface area contributed by atoms with E-state index in [2.05, 4.69) is 55.2 Å². The molecule has 0 aromatic heterocycles. The van der Waals surface area contributed by atoms with E-state index in [1.165, 1.54) is 11.1 Å². The standard InChI is InChI=1S/C20H23N3/c1-5-23(4)14-22-20-12-19(13-21)18(10-16(20)3)11-17-8-6-7-15(2)9-17/h6-10,12,14H,5,11H2,1-4H3. The van der Waals surface area contributed by atoms with Gasteiger partial charge in [-0.1, -0.05) is 35.9 Å². The van der Waals surface area contributed by atoms with Crippen LogP contribution in [0.2, 0.25) is 0 Å². The van der Waals surface area contributed by atoms with E-state index in [1.807, 2.05) is 31.3 Å². The van der Waals surface area contributed by atoms with Gasteiger partial charge in [-0.2, -0.15) is 5.26 Å². The first-order valence-electron chi connectivity index (χ1n) is 7.87. The molecule has 2 aromatic carbocycles. The van der Waals surface area contributed by atoms with Crippen LogP contribution in [0.3, 0.4) is 0 Å². The van der Waals surface area contributed by atoms with Crippen LogP contribution < -0.4 is 0 Å². The number of nitriles is 1. The van der Waals surface area contributed by atoms with Gasteiger partial charge < -0.3 is 4.90 Å². The van der Waals surface area contributed by atoms with Crippen molar-refractivity contribution in [3.05, 3.63) is 64.2 Å². The molecule has 0 saturated heterocycles. The summed E-state index contributed by atoms with van der Waals surface area (Å²) in [5.74, 6) is 0. The highest BCUT2D eigenvalue weighted by Gasteiger charge is 2.08. The summed E-state index contributed by atoms with van der Waals surface area (Å²) in [6.45, 7) is 7.10. The van der Waals surface area contributed by atoms with E-state index in [0.717, 1.165) is 29.8 Å². The third-order valence-corrected chi connectivity index (χ3v) is 3.91. The lowest BCUT2D eigenvalue weighted by Gasteiger charge is -2.11. The lowest BCUT2D eigenvalue weighted by Crippen LogP contribution is -2.14. The zero-order valence-corrected chi connectivity index (χ0v) is 14.3. The molecule has 0 spiro atoms. The topological polar surface area (TPSA) is 39.4 Å². The largest absolute Gasteiger partial charge is 0.366 e. The Morgan fingerprint density at radius 1 is 1.22 bits per heavy atom. The Kier molecular flexibility index (Phi) is 5.54. The van der Waals surface area contributed by atoms with Gasteiger partial charge in [-0.3, -0.25) is 0 Å². The maximum absolute atomic E-state index is 9.48. The van der Waals surface area contributed by atoms with Gasteiger partial charge in [-0.25, -0.2) is 4.99 Å². The lowest BCUT2D eigenvalue weighted by atomic mass is 9.96. The molecular weight excluding hydrogens is 282 g/mol. The van der Waals surface area contributed by atoms with Crippen molar-refractivity contribution in [1.29, 1.82) is 5.26 Å². The number of aliphatic imine (C=N–C) groups is 1. The minimum absolute atomic E-state index is 0.698. The smallest absolute Gasteiger partial charge is 0.0995 e. The van der Waals surface area contributed by atoms with Crippen molar-refractivity contribution in [3.63, 3.8) is 0 Å². The van der Waals surface area contributed by atoms with Gasteiger partial charge in [-0.05, 0) is 49.9 Å². The van der Waals surface area contributed by atoms with Crippen LogP contribution >= 0.6 is 0 Å². The molecule has 2 rings (SSSR count). The highest BCUT2D eigenvalue weighted by Crippen LogP contribution is 2.25. The number of benzene rings is 2. The Hall–Kier alpha value is -2.60. The summed E-state index contributed by atoms with van der Waals surface area (Å²) >= 11 is 0. The summed E-state index contributed by atoms with van der Waals surface area (Å²) in [6, 6.07) is 14.7. The number of hydrogen-bond donors (Lipinski definition) is 0. The van der Waals surface area contributed by atoms with Crippen LogP contribution in [-0.2, 0) is 6.42 Å². The highest BCUT2D eigenvalue weighted by molar-refractivity contribution is 5.65. The van der Waals surface area contributed by atoms with Gasteiger partial charge in [0.05, 0.1) is 23.7 Å². The maximum Gasteiger partial charge on any atom is 0.0995 e. The van der Waals surface area contributed by atoms with E-state index >= 15 is 0 Å². The van der Waals surface area contributed by atoms with Gasteiger partial charge in [-0.15, -0.1) is 0 Å². The molecule has 0 N–H and O–H groups in total. The predicted molar refractivity (Wildman–Crippen MR) is 96.3 cm³/mol. The number of aryl methyl sites for hydroxylation is 2. The summed E-state index contributed by atoms with van der Waals surface area (Å²) in [5.41, 5.74) is 6.16. The summed E-state index contributed by atoms with van der Waals surface area (Å²) in [7, 11) is 1.98. The Labute approximate surface area is 138 Å². The molecule has 0 bridgehead atoms. The minimum Gasteiger partial charge on any atom is -0.366 e. The first-order chi connectivity index (χ1) is 11.0. The number of rotatable bonds is 5. The summed E-state index contributed by atoms with van der Waals surface area (Å²) in [5, 5.41) is 9.48. The van der Waals surface area contributed by atoms with Crippen molar-refractivity contribution < 1.29 is 0 Å². The van der Waals surface area contributed by atoms with Gasteiger partial charge in [0.25, 0.3) is 0 Å². The molecular formula is C20H23N3. The molecule has 0 heterocycles. The highest BCUT2D eigenvalue weighted by atomic mass is 15.1. The SMILES string of the molecule is CCN(C)C=Nc1cc(C#N)c(Cc2cccc(C)c2)cc1C. The van der Waals surface area contributed by atoms with E-state index in [-0.39, 0.29) is 0 Å². The molecule has 0 unspecified atom stereocenters. The molecule has 0 aliphatic heterocycles.